The van der Waals surface area contributed by atoms with Crippen LogP contribution in [0.3, 0.4) is 0 Å². The fourth-order valence-electron chi connectivity index (χ4n) is 3.57. The number of rotatable bonds is 4. The smallest absolute Gasteiger partial charge is 0.258 e. The van der Waals surface area contributed by atoms with Crippen molar-refractivity contribution in [3.63, 3.8) is 0 Å². The first-order valence-corrected chi connectivity index (χ1v) is 11.3. The number of H-pyrrole nitrogens is 1. The number of amides is 1. The fraction of sp³-hybridized carbons (Fsp3) is 0.273. The molecular formula is C22H23N3O5S. The Morgan fingerprint density at radius 3 is 2.42 bits per heavy atom. The molecule has 1 fully saturated rings. The number of pyridine rings is 1. The molecular weight excluding hydrogens is 418 g/mol. The minimum atomic E-state index is -3.75. The molecule has 1 saturated heterocycles. The molecule has 3 aromatic rings. The number of ether oxygens (including phenoxy) is 1. The number of hydrogen-bond donors (Lipinski definition) is 1. The highest BCUT2D eigenvalue weighted by Gasteiger charge is 2.27. The molecule has 0 atom stereocenters. The molecule has 1 aliphatic heterocycles. The third-order valence-electron chi connectivity index (χ3n) is 5.38. The van der Waals surface area contributed by atoms with Crippen LogP contribution >= 0.6 is 0 Å². The zero-order chi connectivity index (χ0) is 22.2. The maximum atomic E-state index is 13.3. The summed E-state index contributed by atoms with van der Waals surface area (Å²) in [5.74, 6) is -0.402. The number of sulfonamides is 1. The summed E-state index contributed by atoms with van der Waals surface area (Å²) in [4.78, 5) is 29.6. The van der Waals surface area contributed by atoms with Gasteiger partial charge < -0.3 is 14.6 Å². The lowest BCUT2D eigenvalue weighted by molar-refractivity contribution is 0.0730. The molecule has 1 amide bonds. The van der Waals surface area contributed by atoms with Gasteiger partial charge in [0.15, 0.2) is 0 Å². The molecule has 0 unspecified atom stereocenters. The van der Waals surface area contributed by atoms with Crippen molar-refractivity contribution < 1.29 is 17.9 Å². The van der Waals surface area contributed by atoms with E-state index in [-0.39, 0.29) is 23.5 Å². The zero-order valence-corrected chi connectivity index (χ0v) is 18.1. The van der Waals surface area contributed by atoms with E-state index in [2.05, 4.69) is 4.98 Å². The molecule has 8 nitrogen and oxygen atoms in total. The second-order valence-electron chi connectivity index (χ2n) is 7.47. The number of carbonyl (C=O) groups is 1. The first-order valence-electron chi connectivity index (χ1n) is 9.87. The molecule has 0 aliphatic carbocycles. The Hall–Kier alpha value is -3.01. The van der Waals surface area contributed by atoms with E-state index in [4.69, 9.17) is 4.74 Å². The summed E-state index contributed by atoms with van der Waals surface area (Å²) in [5.41, 5.74) is 1.83. The van der Waals surface area contributed by atoms with Crippen molar-refractivity contribution in [2.75, 3.05) is 38.3 Å². The van der Waals surface area contributed by atoms with Gasteiger partial charge in [-0.3, -0.25) is 9.59 Å². The molecule has 162 valence electrons. The molecule has 0 spiro atoms. The monoisotopic (exact) mass is 441 g/mol. The maximum absolute atomic E-state index is 13.3. The van der Waals surface area contributed by atoms with Crippen molar-refractivity contribution >= 4 is 32.5 Å². The minimum absolute atomic E-state index is 0.0704. The second kappa shape index (κ2) is 8.26. The van der Waals surface area contributed by atoms with Crippen LogP contribution in [-0.2, 0) is 14.8 Å². The fourth-order valence-corrected chi connectivity index (χ4v) is 5.01. The highest BCUT2D eigenvalue weighted by Crippen LogP contribution is 2.25. The summed E-state index contributed by atoms with van der Waals surface area (Å²) in [7, 11) is -2.13. The van der Waals surface area contributed by atoms with Crippen LogP contribution < -0.4 is 10.5 Å². The van der Waals surface area contributed by atoms with Crippen molar-refractivity contribution in [3.8, 4) is 0 Å². The Bertz CT molecular complexity index is 1290. The van der Waals surface area contributed by atoms with Crippen molar-refractivity contribution in [3.05, 3.63) is 70.0 Å². The lowest BCUT2D eigenvalue weighted by Gasteiger charge is -2.26. The average Bonchev–Trinajstić information content (AvgIpc) is 2.78. The van der Waals surface area contributed by atoms with Crippen LogP contribution in [0.25, 0.3) is 10.9 Å². The molecule has 0 saturated carbocycles. The number of nitrogens with zero attached hydrogens (tertiary/aromatic N) is 2. The minimum Gasteiger partial charge on any atom is -0.379 e. The Morgan fingerprint density at radius 1 is 1.06 bits per heavy atom. The number of benzene rings is 2. The lowest BCUT2D eigenvalue weighted by atomic mass is 10.1. The topological polar surface area (TPSA) is 99.8 Å². The summed E-state index contributed by atoms with van der Waals surface area (Å²) >= 11 is 0. The molecule has 2 aromatic carbocycles. The largest absolute Gasteiger partial charge is 0.379 e. The molecule has 2 heterocycles. The predicted octanol–water partition coefficient (Wildman–Crippen LogP) is 2.13. The van der Waals surface area contributed by atoms with E-state index < -0.39 is 21.5 Å². The normalized spacial score (nSPS) is 15.2. The third kappa shape index (κ3) is 4.12. The van der Waals surface area contributed by atoms with E-state index in [9.17, 15) is 18.0 Å². The first-order chi connectivity index (χ1) is 14.8. The van der Waals surface area contributed by atoms with Gasteiger partial charge in [0.1, 0.15) is 0 Å². The highest BCUT2D eigenvalue weighted by molar-refractivity contribution is 7.89. The number of hydrogen-bond acceptors (Lipinski definition) is 5. The van der Waals surface area contributed by atoms with Crippen molar-refractivity contribution in [1.29, 1.82) is 0 Å². The van der Waals surface area contributed by atoms with Gasteiger partial charge in [0, 0.05) is 42.8 Å². The van der Waals surface area contributed by atoms with E-state index in [0.717, 1.165) is 5.56 Å². The quantitative estimate of drug-likeness (QED) is 0.669. The van der Waals surface area contributed by atoms with Gasteiger partial charge in [-0.1, -0.05) is 17.7 Å². The standard InChI is InChI=1S/C22H23N3O5S/c1-15-3-5-16(6-4-15)24(2)22(27)19-14-21(26)23-20-8-7-17(13-18(19)20)31(28,29)25-9-11-30-12-10-25/h3-8,13-14H,9-12H2,1-2H3,(H,23,26). The van der Waals surface area contributed by atoms with Gasteiger partial charge in [-0.05, 0) is 37.3 Å². The molecule has 0 radical (unpaired) electrons. The van der Waals surface area contributed by atoms with Gasteiger partial charge in [0.2, 0.25) is 15.6 Å². The van der Waals surface area contributed by atoms with Gasteiger partial charge in [-0.2, -0.15) is 4.31 Å². The zero-order valence-electron chi connectivity index (χ0n) is 17.3. The SMILES string of the molecule is Cc1ccc(N(C)C(=O)c2cc(=O)[nH]c3ccc(S(=O)(=O)N4CCOCC4)cc23)cc1. The first kappa shape index (κ1) is 21.2. The van der Waals surface area contributed by atoms with Gasteiger partial charge in [-0.25, -0.2) is 8.42 Å². The summed E-state index contributed by atoms with van der Waals surface area (Å²) in [5, 5.41) is 0.373. The number of aryl methyl sites for hydroxylation is 1. The number of fused-ring (bicyclic) bond motifs is 1. The Morgan fingerprint density at radius 2 is 1.74 bits per heavy atom. The molecule has 0 bridgehead atoms. The van der Waals surface area contributed by atoms with Crippen molar-refractivity contribution in [1.82, 2.24) is 9.29 Å². The molecule has 1 N–H and O–H groups in total. The van der Waals surface area contributed by atoms with E-state index in [1.165, 1.54) is 33.5 Å². The van der Waals surface area contributed by atoms with Gasteiger partial charge in [-0.15, -0.1) is 0 Å². The number of aromatic amines is 1. The van der Waals surface area contributed by atoms with E-state index >= 15 is 0 Å². The number of anilines is 1. The molecule has 4 rings (SSSR count). The van der Waals surface area contributed by atoms with Crippen molar-refractivity contribution in [2.45, 2.75) is 11.8 Å². The Labute approximate surface area is 180 Å². The highest BCUT2D eigenvalue weighted by atomic mass is 32.2. The van der Waals surface area contributed by atoms with Gasteiger partial charge in [0.05, 0.1) is 23.7 Å². The Kier molecular flexibility index (Phi) is 5.65. The van der Waals surface area contributed by atoms with E-state index in [0.29, 0.717) is 29.8 Å². The van der Waals surface area contributed by atoms with Crippen LogP contribution in [-0.4, -0.2) is 57.0 Å². The van der Waals surface area contributed by atoms with Crippen LogP contribution in [0.5, 0.6) is 0 Å². The summed E-state index contributed by atoms with van der Waals surface area (Å²) in [6.45, 7) is 3.17. The number of morpholine rings is 1. The number of nitrogens with one attached hydrogen (secondary N) is 1. The lowest BCUT2D eigenvalue weighted by Crippen LogP contribution is -2.40. The molecule has 1 aromatic heterocycles. The average molecular weight is 442 g/mol. The molecule has 9 heteroatoms. The Balaban J connectivity index is 1.79. The van der Waals surface area contributed by atoms with E-state index in [1.54, 1.807) is 7.05 Å². The van der Waals surface area contributed by atoms with Crippen LogP contribution in [0.15, 0.2) is 58.2 Å². The van der Waals surface area contributed by atoms with E-state index in [1.807, 2.05) is 31.2 Å². The summed E-state index contributed by atoms with van der Waals surface area (Å²) in [6, 6.07) is 13.0. The molecule has 31 heavy (non-hydrogen) atoms. The van der Waals surface area contributed by atoms with Crippen LogP contribution in [0.4, 0.5) is 5.69 Å². The molecule has 1 aliphatic rings. The van der Waals surface area contributed by atoms with Crippen molar-refractivity contribution in [2.24, 2.45) is 0 Å². The number of aromatic nitrogens is 1. The van der Waals surface area contributed by atoms with Gasteiger partial charge in [0.25, 0.3) is 5.91 Å². The van der Waals surface area contributed by atoms with Gasteiger partial charge >= 0.3 is 0 Å². The third-order valence-corrected chi connectivity index (χ3v) is 7.27. The van der Waals surface area contributed by atoms with Crippen LogP contribution in [0.2, 0.25) is 0 Å². The maximum Gasteiger partial charge on any atom is 0.258 e. The predicted molar refractivity (Wildman–Crippen MR) is 118 cm³/mol. The van der Waals surface area contributed by atoms with Crippen LogP contribution in [0, 0.1) is 6.92 Å². The second-order valence-corrected chi connectivity index (χ2v) is 9.41. The number of carbonyl (C=O) groups excluding carboxylic acids is 1. The summed E-state index contributed by atoms with van der Waals surface area (Å²) < 4.78 is 32.7. The summed E-state index contributed by atoms with van der Waals surface area (Å²) in [6.07, 6.45) is 0. The van der Waals surface area contributed by atoms with Crippen LogP contribution in [0.1, 0.15) is 15.9 Å².